The average molecular weight is 407 g/mol. The number of aromatic amines is 2. The van der Waals surface area contributed by atoms with Crippen LogP contribution in [0, 0.1) is 0 Å². The lowest BCUT2D eigenvalue weighted by atomic mass is 10.1. The highest BCUT2D eigenvalue weighted by Crippen LogP contribution is 2.18. The number of aliphatic hydroxyl groups is 1. The Kier molecular flexibility index (Phi) is 7.24. The number of hydrogen-bond donors (Lipinski definition) is 4. The first-order valence-corrected chi connectivity index (χ1v) is 9.66. The van der Waals surface area contributed by atoms with Crippen molar-refractivity contribution in [3.05, 3.63) is 72.1 Å². The van der Waals surface area contributed by atoms with Gasteiger partial charge in [0, 0.05) is 40.7 Å². The number of nitrogens with one attached hydrogen (secondary N) is 3. The number of aliphatic hydroxyl groups excluding tert-OH is 1. The van der Waals surface area contributed by atoms with Gasteiger partial charge in [0.15, 0.2) is 0 Å². The molecule has 0 aliphatic rings. The molecule has 0 fully saturated rings. The van der Waals surface area contributed by atoms with E-state index in [0.717, 1.165) is 32.9 Å². The normalized spacial score (nSPS) is 10.5. The molecule has 0 spiro atoms. The average Bonchev–Trinajstić information content (AvgIpc) is 3.37. The van der Waals surface area contributed by atoms with Crippen molar-refractivity contribution in [2.45, 2.75) is 12.8 Å². The van der Waals surface area contributed by atoms with Crippen LogP contribution in [0.5, 0.6) is 0 Å². The molecule has 156 valence electrons. The number of hydrogen-bond acceptors (Lipinski definition) is 4. The molecule has 2 aromatic carbocycles. The molecule has 1 amide bonds. The third-order valence-electron chi connectivity index (χ3n) is 4.70. The molecule has 7 nitrogen and oxygen atoms in total. The van der Waals surface area contributed by atoms with Crippen LogP contribution in [0.4, 0.5) is 0 Å². The van der Waals surface area contributed by atoms with Crippen molar-refractivity contribution in [3.63, 3.8) is 0 Å². The Morgan fingerprint density at radius 1 is 0.900 bits per heavy atom. The van der Waals surface area contributed by atoms with Crippen LogP contribution in [0.3, 0.4) is 0 Å². The second kappa shape index (κ2) is 10.3. The number of methoxy groups -OCH3 is 1. The molecule has 0 unspecified atom stereocenters. The summed E-state index contributed by atoms with van der Waals surface area (Å²) in [5.74, 6) is -0.284. The third-order valence-corrected chi connectivity index (χ3v) is 4.70. The minimum Gasteiger partial charge on any atom is -0.469 e. The molecule has 4 rings (SSSR count). The number of para-hydroxylation sites is 2. The van der Waals surface area contributed by atoms with Gasteiger partial charge in [-0.15, -0.1) is 0 Å². The number of esters is 1. The van der Waals surface area contributed by atoms with E-state index in [4.69, 9.17) is 5.11 Å². The van der Waals surface area contributed by atoms with Crippen LogP contribution in [-0.4, -0.2) is 47.2 Å². The van der Waals surface area contributed by atoms with E-state index >= 15 is 0 Å². The topological polar surface area (TPSA) is 107 Å². The van der Waals surface area contributed by atoms with Crippen molar-refractivity contribution in [2.24, 2.45) is 0 Å². The fraction of sp³-hybridized carbons (Fsp3) is 0.217. The number of rotatable bonds is 6. The molecular formula is C23H25N3O4. The summed E-state index contributed by atoms with van der Waals surface area (Å²) in [5, 5.41) is 13.4. The van der Waals surface area contributed by atoms with Crippen LogP contribution in [0.2, 0.25) is 0 Å². The van der Waals surface area contributed by atoms with Gasteiger partial charge in [-0.2, -0.15) is 0 Å². The van der Waals surface area contributed by atoms with Crippen LogP contribution in [0.1, 0.15) is 11.1 Å². The largest absolute Gasteiger partial charge is 0.469 e. The Hall–Kier alpha value is -3.58. The predicted molar refractivity (Wildman–Crippen MR) is 116 cm³/mol. The molecule has 2 heterocycles. The molecule has 0 bridgehead atoms. The minimum atomic E-state index is -0.213. The molecule has 0 saturated carbocycles. The smallest absolute Gasteiger partial charge is 0.310 e. The molecule has 2 aromatic heterocycles. The fourth-order valence-electron chi connectivity index (χ4n) is 3.21. The first kappa shape index (κ1) is 21.1. The second-order valence-corrected chi connectivity index (χ2v) is 6.72. The summed E-state index contributed by atoms with van der Waals surface area (Å²) < 4.78 is 4.62. The zero-order valence-corrected chi connectivity index (χ0v) is 16.8. The zero-order valence-electron chi connectivity index (χ0n) is 16.8. The highest BCUT2D eigenvalue weighted by atomic mass is 16.5. The van der Waals surface area contributed by atoms with Crippen molar-refractivity contribution in [2.75, 3.05) is 20.3 Å². The Morgan fingerprint density at radius 2 is 1.43 bits per heavy atom. The lowest BCUT2D eigenvalue weighted by Gasteiger charge is -2.01. The summed E-state index contributed by atoms with van der Waals surface area (Å²) in [7, 11) is 1.40. The predicted octanol–water partition coefficient (Wildman–Crippen LogP) is 2.70. The maximum atomic E-state index is 11.5. The molecule has 7 heteroatoms. The van der Waals surface area contributed by atoms with E-state index in [9.17, 15) is 9.59 Å². The molecule has 0 aliphatic heterocycles. The van der Waals surface area contributed by atoms with Crippen molar-refractivity contribution in [1.82, 2.24) is 15.3 Å². The number of ether oxygens (including phenoxy) is 1. The van der Waals surface area contributed by atoms with Gasteiger partial charge in [0.2, 0.25) is 5.91 Å². The molecule has 30 heavy (non-hydrogen) atoms. The number of carbonyl (C=O) groups is 2. The fourth-order valence-corrected chi connectivity index (χ4v) is 3.21. The second-order valence-electron chi connectivity index (χ2n) is 6.72. The maximum absolute atomic E-state index is 11.5. The Bertz CT molecular complexity index is 1130. The Balaban J connectivity index is 0.000000172. The number of amides is 1. The number of benzene rings is 2. The molecule has 0 radical (unpaired) electrons. The highest BCUT2D eigenvalue weighted by molar-refractivity contribution is 5.89. The summed E-state index contributed by atoms with van der Waals surface area (Å²) in [6.07, 6.45) is 4.36. The number of fused-ring (bicyclic) bond motifs is 2. The molecule has 0 aliphatic carbocycles. The van der Waals surface area contributed by atoms with E-state index in [1.54, 1.807) is 0 Å². The van der Waals surface area contributed by atoms with Crippen molar-refractivity contribution in [3.8, 4) is 0 Å². The van der Waals surface area contributed by atoms with Crippen LogP contribution in [-0.2, 0) is 27.2 Å². The van der Waals surface area contributed by atoms with Gasteiger partial charge >= 0.3 is 5.97 Å². The number of aromatic nitrogens is 2. The minimum absolute atomic E-state index is 0.0282. The maximum Gasteiger partial charge on any atom is 0.310 e. The van der Waals surface area contributed by atoms with Gasteiger partial charge in [0.05, 0.1) is 26.6 Å². The standard InChI is InChI=1S/C12H14N2O2.C11H11NO2/c15-6-5-13-12(16)7-9-8-14-11-4-2-1-3-10(9)11;1-14-11(13)6-8-7-12-10-5-3-2-4-9(8)10/h1-4,8,14-15H,5-7H2,(H,13,16);2-5,7,12H,6H2,1H3. The van der Waals surface area contributed by atoms with Crippen molar-refractivity contribution >= 4 is 33.7 Å². The van der Waals surface area contributed by atoms with Gasteiger partial charge in [-0.3, -0.25) is 9.59 Å². The molecule has 4 aromatic rings. The highest BCUT2D eigenvalue weighted by Gasteiger charge is 2.08. The summed E-state index contributed by atoms with van der Waals surface area (Å²) in [5.41, 5.74) is 4.04. The van der Waals surface area contributed by atoms with Crippen LogP contribution < -0.4 is 5.32 Å². The summed E-state index contributed by atoms with van der Waals surface area (Å²) in [4.78, 5) is 28.8. The van der Waals surface area contributed by atoms with Crippen LogP contribution in [0.15, 0.2) is 60.9 Å². The number of carbonyl (C=O) groups excluding carboxylic acids is 2. The van der Waals surface area contributed by atoms with Gasteiger partial charge in [0.1, 0.15) is 0 Å². The zero-order chi connectivity index (χ0) is 21.3. The van der Waals surface area contributed by atoms with E-state index in [0.29, 0.717) is 19.4 Å². The van der Waals surface area contributed by atoms with E-state index < -0.39 is 0 Å². The molecule has 0 saturated heterocycles. The van der Waals surface area contributed by atoms with Gasteiger partial charge in [-0.1, -0.05) is 36.4 Å². The SMILES string of the molecule is COC(=O)Cc1c[nH]c2ccccc12.O=C(Cc1c[nH]c2ccccc12)NCCO. The van der Waals surface area contributed by atoms with E-state index in [2.05, 4.69) is 20.0 Å². The monoisotopic (exact) mass is 407 g/mol. The van der Waals surface area contributed by atoms with Crippen LogP contribution >= 0.6 is 0 Å². The molecule has 0 atom stereocenters. The molecular weight excluding hydrogens is 382 g/mol. The number of H-pyrrole nitrogens is 2. The van der Waals surface area contributed by atoms with Gasteiger partial charge < -0.3 is 25.1 Å². The third kappa shape index (κ3) is 5.27. The first-order chi connectivity index (χ1) is 14.6. The summed E-state index contributed by atoms with van der Waals surface area (Å²) >= 11 is 0. The lowest BCUT2D eigenvalue weighted by molar-refractivity contribution is -0.139. The lowest BCUT2D eigenvalue weighted by Crippen LogP contribution is -2.27. The van der Waals surface area contributed by atoms with Crippen molar-refractivity contribution in [1.29, 1.82) is 0 Å². The molecule has 4 N–H and O–H groups in total. The van der Waals surface area contributed by atoms with Gasteiger partial charge in [-0.25, -0.2) is 0 Å². The summed E-state index contributed by atoms with van der Waals surface area (Å²) in [6, 6.07) is 15.8. The van der Waals surface area contributed by atoms with Gasteiger partial charge in [-0.05, 0) is 23.3 Å². The quantitative estimate of drug-likeness (QED) is 0.369. The van der Waals surface area contributed by atoms with Gasteiger partial charge in [0.25, 0.3) is 0 Å². The van der Waals surface area contributed by atoms with E-state index in [1.807, 2.05) is 60.9 Å². The first-order valence-electron chi connectivity index (χ1n) is 9.66. The Labute approximate surface area is 174 Å². The van der Waals surface area contributed by atoms with Crippen LogP contribution in [0.25, 0.3) is 21.8 Å². The van der Waals surface area contributed by atoms with Crippen molar-refractivity contribution < 1.29 is 19.4 Å². The Morgan fingerprint density at radius 3 is 1.97 bits per heavy atom. The van der Waals surface area contributed by atoms with E-state index in [-0.39, 0.29) is 18.5 Å². The van der Waals surface area contributed by atoms with E-state index in [1.165, 1.54) is 7.11 Å². The summed E-state index contributed by atoms with van der Waals surface area (Å²) in [6.45, 7) is 0.279.